The van der Waals surface area contributed by atoms with Gasteiger partial charge in [0.05, 0.1) is 0 Å². The van der Waals surface area contributed by atoms with Crippen molar-refractivity contribution in [2.75, 3.05) is 0 Å². The highest BCUT2D eigenvalue weighted by atomic mass is 14.6. The molecular weight excluding hydrogens is 276 g/mol. The van der Waals surface area contributed by atoms with Crippen LogP contribution in [0.4, 0.5) is 0 Å². The lowest BCUT2D eigenvalue weighted by Gasteiger charge is -2.59. The molecule has 23 heavy (non-hydrogen) atoms. The van der Waals surface area contributed by atoms with Crippen LogP contribution in [0.2, 0.25) is 0 Å². The van der Waals surface area contributed by atoms with Gasteiger partial charge in [-0.05, 0) is 66.1 Å². The highest BCUT2D eigenvalue weighted by Crippen LogP contribution is 2.62. The molecule has 0 aromatic heterocycles. The van der Waals surface area contributed by atoms with Crippen LogP contribution in [-0.2, 0) is 0 Å². The molecule has 0 aromatic carbocycles. The van der Waals surface area contributed by atoms with Crippen molar-refractivity contribution < 1.29 is 0 Å². The van der Waals surface area contributed by atoms with Gasteiger partial charge in [-0.15, -0.1) is 0 Å². The minimum absolute atomic E-state index is 0.506. The summed E-state index contributed by atoms with van der Waals surface area (Å²) in [7, 11) is 0. The van der Waals surface area contributed by atoms with E-state index in [0.717, 1.165) is 29.6 Å². The van der Waals surface area contributed by atoms with Crippen LogP contribution in [0.5, 0.6) is 0 Å². The average Bonchev–Trinajstić information content (AvgIpc) is 2.48. The molecule has 2 aliphatic carbocycles. The van der Waals surface area contributed by atoms with Gasteiger partial charge in [0.15, 0.2) is 0 Å². The zero-order chi connectivity index (χ0) is 17.3. The molecule has 0 bridgehead atoms. The van der Waals surface area contributed by atoms with Crippen LogP contribution in [0.3, 0.4) is 0 Å². The molecule has 0 aliphatic heterocycles. The summed E-state index contributed by atoms with van der Waals surface area (Å²) < 4.78 is 0. The van der Waals surface area contributed by atoms with Crippen molar-refractivity contribution in [3.8, 4) is 0 Å². The fourth-order valence-electron chi connectivity index (χ4n) is 5.86. The molecule has 2 aliphatic rings. The molecule has 5 unspecified atom stereocenters. The van der Waals surface area contributed by atoms with Gasteiger partial charge in [-0.1, -0.05) is 80.6 Å². The highest BCUT2D eigenvalue weighted by molar-refractivity contribution is 5.02. The van der Waals surface area contributed by atoms with Gasteiger partial charge >= 0.3 is 0 Å². The van der Waals surface area contributed by atoms with Crippen molar-refractivity contribution >= 4 is 0 Å². The van der Waals surface area contributed by atoms with Crippen molar-refractivity contribution in [1.29, 1.82) is 0 Å². The zero-order valence-electron chi connectivity index (χ0n) is 17.3. The van der Waals surface area contributed by atoms with Crippen LogP contribution in [0.25, 0.3) is 0 Å². The lowest BCUT2D eigenvalue weighted by Crippen LogP contribution is -2.50. The van der Waals surface area contributed by atoms with Gasteiger partial charge in [0.25, 0.3) is 0 Å². The Bertz CT molecular complexity index is 366. The number of hydrogen-bond acceptors (Lipinski definition) is 0. The summed E-state index contributed by atoms with van der Waals surface area (Å²) in [6, 6.07) is 0. The van der Waals surface area contributed by atoms with E-state index in [9.17, 15) is 0 Å². The molecule has 0 N–H and O–H groups in total. The second-order valence-electron chi connectivity index (χ2n) is 10.5. The molecule has 0 radical (unpaired) electrons. The van der Waals surface area contributed by atoms with Gasteiger partial charge in [0.1, 0.15) is 0 Å². The first-order valence-electron chi connectivity index (χ1n) is 10.7. The second-order valence-corrected chi connectivity index (χ2v) is 10.5. The number of hydrogen-bond donors (Lipinski definition) is 0. The minimum Gasteiger partial charge on any atom is -0.0649 e. The fourth-order valence-corrected chi connectivity index (χ4v) is 5.86. The molecule has 0 amide bonds. The van der Waals surface area contributed by atoms with E-state index in [4.69, 9.17) is 0 Å². The molecule has 5 atom stereocenters. The van der Waals surface area contributed by atoms with E-state index < -0.39 is 0 Å². The SMILES string of the molecule is CCC(C)(C)C(CC1CC2CCCCC21C)C(C)CCC(C)C. The van der Waals surface area contributed by atoms with Crippen molar-refractivity contribution in [3.63, 3.8) is 0 Å². The average molecular weight is 321 g/mol. The molecule has 0 saturated heterocycles. The van der Waals surface area contributed by atoms with Gasteiger partial charge in [-0.2, -0.15) is 0 Å². The smallest absolute Gasteiger partial charge is 0.0269 e. The summed E-state index contributed by atoms with van der Waals surface area (Å²) in [6.07, 6.45) is 13.3. The lowest BCUT2D eigenvalue weighted by atomic mass is 9.46. The minimum atomic E-state index is 0.506. The van der Waals surface area contributed by atoms with E-state index >= 15 is 0 Å². The van der Waals surface area contributed by atoms with E-state index in [1.165, 1.54) is 51.4 Å². The monoisotopic (exact) mass is 320 g/mol. The van der Waals surface area contributed by atoms with Crippen LogP contribution in [0.15, 0.2) is 0 Å². The summed E-state index contributed by atoms with van der Waals surface area (Å²) in [4.78, 5) is 0. The largest absolute Gasteiger partial charge is 0.0649 e. The maximum Gasteiger partial charge on any atom is -0.0269 e. The Morgan fingerprint density at radius 1 is 1.09 bits per heavy atom. The molecule has 2 rings (SSSR count). The van der Waals surface area contributed by atoms with Crippen LogP contribution in [0.1, 0.15) is 106 Å². The van der Waals surface area contributed by atoms with E-state index in [1.807, 2.05) is 0 Å². The van der Waals surface area contributed by atoms with Gasteiger partial charge < -0.3 is 0 Å². The van der Waals surface area contributed by atoms with Crippen LogP contribution in [-0.4, -0.2) is 0 Å². The zero-order valence-corrected chi connectivity index (χ0v) is 17.3. The first kappa shape index (κ1) is 19.3. The summed E-state index contributed by atoms with van der Waals surface area (Å²) in [5, 5.41) is 0. The molecule has 0 spiro atoms. The molecule has 0 heteroatoms. The molecule has 0 heterocycles. The Hall–Kier alpha value is 0. The Kier molecular flexibility index (Phi) is 6.29. The van der Waals surface area contributed by atoms with Gasteiger partial charge in [-0.3, -0.25) is 0 Å². The van der Waals surface area contributed by atoms with E-state index in [-0.39, 0.29) is 0 Å². The first-order chi connectivity index (χ1) is 10.7. The van der Waals surface area contributed by atoms with Gasteiger partial charge in [0, 0.05) is 0 Å². The molecular formula is C23H44. The first-order valence-corrected chi connectivity index (χ1v) is 10.7. The lowest BCUT2D eigenvalue weighted by molar-refractivity contribution is -0.0951. The number of rotatable bonds is 8. The normalized spacial score (nSPS) is 33.9. The van der Waals surface area contributed by atoms with E-state index in [1.54, 1.807) is 6.42 Å². The van der Waals surface area contributed by atoms with Crippen LogP contribution < -0.4 is 0 Å². The Labute approximate surface area is 147 Å². The third-order valence-electron chi connectivity index (χ3n) is 8.29. The van der Waals surface area contributed by atoms with Gasteiger partial charge in [0.2, 0.25) is 0 Å². The molecule has 136 valence electrons. The topological polar surface area (TPSA) is 0 Å². The third kappa shape index (κ3) is 4.16. The van der Waals surface area contributed by atoms with Crippen molar-refractivity contribution in [2.24, 2.45) is 40.4 Å². The van der Waals surface area contributed by atoms with Crippen molar-refractivity contribution in [3.05, 3.63) is 0 Å². The van der Waals surface area contributed by atoms with E-state index in [2.05, 4.69) is 48.5 Å². The van der Waals surface area contributed by atoms with Gasteiger partial charge in [-0.25, -0.2) is 0 Å². The molecule has 2 fully saturated rings. The Morgan fingerprint density at radius 2 is 1.78 bits per heavy atom. The maximum absolute atomic E-state index is 2.64. The van der Waals surface area contributed by atoms with E-state index in [0.29, 0.717) is 10.8 Å². The molecule has 0 aromatic rings. The third-order valence-corrected chi connectivity index (χ3v) is 8.29. The standard InChI is InChI=1S/C23H44/c1-8-22(5,6)21(18(4)13-12-17(2)3)16-20-15-19-11-9-10-14-23(19,20)7/h17-21H,8-16H2,1-7H3. The van der Waals surface area contributed by atoms with Crippen molar-refractivity contribution in [2.45, 2.75) is 106 Å². The predicted octanol–water partition coefficient (Wildman–Crippen LogP) is 7.72. The fraction of sp³-hybridized carbons (Fsp3) is 1.00. The number of fused-ring (bicyclic) bond motifs is 1. The molecule has 2 saturated carbocycles. The second kappa shape index (κ2) is 7.49. The predicted molar refractivity (Wildman–Crippen MR) is 104 cm³/mol. The summed E-state index contributed by atoms with van der Waals surface area (Å²) in [6.45, 7) is 17.5. The summed E-state index contributed by atoms with van der Waals surface area (Å²) in [5.74, 6) is 4.74. The van der Waals surface area contributed by atoms with Crippen LogP contribution >= 0.6 is 0 Å². The summed E-state index contributed by atoms with van der Waals surface area (Å²) in [5.41, 5.74) is 1.21. The maximum atomic E-state index is 2.64. The van der Waals surface area contributed by atoms with Crippen LogP contribution in [0, 0.1) is 40.4 Å². The van der Waals surface area contributed by atoms with Crippen molar-refractivity contribution in [1.82, 2.24) is 0 Å². The molecule has 0 nitrogen and oxygen atoms in total. The summed E-state index contributed by atoms with van der Waals surface area (Å²) >= 11 is 0. The Morgan fingerprint density at radius 3 is 2.35 bits per heavy atom. The Balaban J connectivity index is 2.03. The highest BCUT2D eigenvalue weighted by Gasteiger charge is 2.53. The quantitative estimate of drug-likeness (QED) is 0.429.